The molecule has 0 spiro atoms. The lowest BCUT2D eigenvalue weighted by Gasteiger charge is -2.25. The molecular weight excluding hydrogens is 276 g/mol. The van der Waals surface area contributed by atoms with E-state index in [9.17, 15) is 4.79 Å². The van der Waals surface area contributed by atoms with Crippen molar-refractivity contribution in [1.29, 1.82) is 0 Å². The van der Waals surface area contributed by atoms with E-state index in [-0.39, 0.29) is 5.91 Å². The van der Waals surface area contributed by atoms with Crippen LogP contribution in [0.5, 0.6) is 0 Å². The van der Waals surface area contributed by atoms with Crippen molar-refractivity contribution in [2.24, 2.45) is 0 Å². The summed E-state index contributed by atoms with van der Waals surface area (Å²) in [6.45, 7) is 4.87. The van der Waals surface area contributed by atoms with Crippen LogP contribution in [0.4, 0.5) is 5.88 Å². The first kappa shape index (κ1) is 16.9. The van der Waals surface area contributed by atoms with Gasteiger partial charge in [0, 0.05) is 25.7 Å². The van der Waals surface area contributed by atoms with Gasteiger partial charge in [-0.25, -0.2) is 0 Å². The van der Waals surface area contributed by atoms with Gasteiger partial charge in [0.2, 0.25) is 0 Å². The first-order valence-corrected chi connectivity index (χ1v) is 8.94. The van der Waals surface area contributed by atoms with E-state index in [1.165, 1.54) is 38.5 Å². The molecule has 1 aromatic rings. The molecule has 1 aliphatic heterocycles. The number of nitrogens with zero attached hydrogens (tertiary/aromatic N) is 1. The van der Waals surface area contributed by atoms with Gasteiger partial charge in [-0.05, 0) is 31.7 Å². The molecule has 4 heteroatoms. The Morgan fingerprint density at radius 3 is 2.59 bits per heavy atom. The minimum Gasteiger partial charge on any atom is -0.436 e. The van der Waals surface area contributed by atoms with Crippen molar-refractivity contribution in [1.82, 2.24) is 4.90 Å². The van der Waals surface area contributed by atoms with Crippen LogP contribution in [0.25, 0.3) is 0 Å². The molecule has 0 radical (unpaired) electrons. The predicted molar refractivity (Wildman–Crippen MR) is 90.3 cm³/mol. The van der Waals surface area contributed by atoms with Crippen molar-refractivity contribution in [2.45, 2.75) is 64.7 Å². The lowest BCUT2D eigenvalue weighted by atomic mass is 10.1. The van der Waals surface area contributed by atoms with E-state index >= 15 is 0 Å². The lowest BCUT2D eigenvalue weighted by molar-refractivity contribution is 0.0693. The maximum absolute atomic E-state index is 12.3. The zero-order valence-corrected chi connectivity index (χ0v) is 13.9. The summed E-state index contributed by atoms with van der Waals surface area (Å²) in [6.07, 6.45) is 11.1. The Bertz CT molecular complexity index is 436. The number of unbranched alkanes of at least 4 members (excludes halogenated alkanes) is 5. The van der Waals surface area contributed by atoms with Gasteiger partial charge in [0.25, 0.3) is 5.91 Å². The first-order chi connectivity index (χ1) is 10.8. The summed E-state index contributed by atoms with van der Waals surface area (Å²) in [5, 5.41) is 3.28. The molecule has 0 unspecified atom stereocenters. The molecule has 0 bridgehead atoms. The third kappa shape index (κ3) is 5.39. The summed E-state index contributed by atoms with van der Waals surface area (Å²) in [5.41, 5.74) is 0. The molecule has 0 atom stereocenters. The average molecular weight is 306 g/mol. The van der Waals surface area contributed by atoms with Crippen LogP contribution in [0, 0.1) is 0 Å². The number of hydrogen-bond donors (Lipinski definition) is 1. The van der Waals surface area contributed by atoms with Crippen molar-refractivity contribution in [3.63, 3.8) is 0 Å². The highest BCUT2D eigenvalue weighted by molar-refractivity contribution is 5.92. The summed E-state index contributed by atoms with van der Waals surface area (Å²) in [7, 11) is 0. The summed E-state index contributed by atoms with van der Waals surface area (Å²) in [6, 6.07) is 3.66. The quantitative estimate of drug-likeness (QED) is 0.674. The number of hydrogen-bond acceptors (Lipinski definition) is 3. The predicted octanol–water partition coefficient (Wildman–Crippen LogP) is 4.68. The number of amides is 1. The maximum Gasteiger partial charge on any atom is 0.289 e. The zero-order chi connectivity index (χ0) is 15.6. The molecule has 1 saturated heterocycles. The molecule has 124 valence electrons. The summed E-state index contributed by atoms with van der Waals surface area (Å²) in [5.74, 6) is 1.22. The van der Waals surface area contributed by atoms with Crippen molar-refractivity contribution in [2.75, 3.05) is 25.0 Å². The van der Waals surface area contributed by atoms with Gasteiger partial charge in [0.05, 0.1) is 0 Å². The van der Waals surface area contributed by atoms with Gasteiger partial charge in [-0.3, -0.25) is 4.79 Å². The summed E-state index contributed by atoms with van der Waals surface area (Å²) >= 11 is 0. The molecule has 0 saturated carbocycles. The minimum atomic E-state index is 0.0346. The number of carbonyl (C=O) groups is 1. The van der Waals surface area contributed by atoms with E-state index in [0.29, 0.717) is 11.6 Å². The van der Waals surface area contributed by atoms with Crippen molar-refractivity contribution >= 4 is 11.8 Å². The van der Waals surface area contributed by atoms with Crippen LogP contribution < -0.4 is 5.32 Å². The zero-order valence-electron chi connectivity index (χ0n) is 13.9. The van der Waals surface area contributed by atoms with Gasteiger partial charge in [0.1, 0.15) is 0 Å². The second-order valence-electron chi connectivity index (χ2n) is 6.21. The van der Waals surface area contributed by atoms with E-state index in [1.54, 1.807) is 6.07 Å². The van der Waals surface area contributed by atoms with Gasteiger partial charge < -0.3 is 14.6 Å². The average Bonchev–Trinajstić information content (AvgIpc) is 3.03. The number of piperidine rings is 1. The van der Waals surface area contributed by atoms with E-state index in [0.717, 1.165) is 38.9 Å². The normalized spacial score (nSPS) is 15.0. The molecular formula is C18H30N2O2. The second kappa shape index (κ2) is 9.54. The van der Waals surface area contributed by atoms with Crippen molar-refractivity contribution in [3.05, 3.63) is 17.9 Å². The SMILES string of the molecule is CCCCCCCCNc1ccc(C(=O)N2CCCCC2)o1. The molecule has 1 N–H and O–H groups in total. The fraction of sp³-hybridized carbons (Fsp3) is 0.722. The number of anilines is 1. The van der Waals surface area contributed by atoms with Crippen LogP contribution in [-0.4, -0.2) is 30.4 Å². The smallest absolute Gasteiger partial charge is 0.289 e. The highest BCUT2D eigenvalue weighted by Gasteiger charge is 2.20. The largest absolute Gasteiger partial charge is 0.436 e. The number of likely N-dealkylation sites (tertiary alicyclic amines) is 1. The van der Waals surface area contributed by atoms with Crippen LogP contribution in [0.1, 0.15) is 75.3 Å². The Morgan fingerprint density at radius 2 is 1.82 bits per heavy atom. The van der Waals surface area contributed by atoms with Crippen LogP contribution in [0.15, 0.2) is 16.5 Å². The van der Waals surface area contributed by atoms with Gasteiger partial charge >= 0.3 is 0 Å². The molecule has 0 aliphatic carbocycles. The van der Waals surface area contributed by atoms with Crippen LogP contribution in [0.3, 0.4) is 0 Å². The van der Waals surface area contributed by atoms with Gasteiger partial charge in [-0.2, -0.15) is 0 Å². The standard InChI is InChI=1S/C18H30N2O2/c1-2-3-4-5-6-8-13-19-17-12-11-16(22-17)18(21)20-14-9-7-10-15-20/h11-12,19H,2-10,13-15H2,1H3. The fourth-order valence-corrected chi connectivity index (χ4v) is 2.92. The van der Waals surface area contributed by atoms with Crippen LogP contribution in [0.2, 0.25) is 0 Å². The van der Waals surface area contributed by atoms with Gasteiger partial charge in [-0.1, -0.05) is 39.0 Å². The topological polar surface area (TPSA) is 45.5 Å². The molecule has 4 nitrogen and oxygen atoms in total. The summed E-state index contributed by atoms with van der Waals surface area (Å²) in [4.78, 5) is 14.2. The van der Waals surface area contributed by atoms with E-state index in [2.05, 4.69) is 12.2 Å². The molecule has 1 fully saturated rings. The lowest BCUT2D eigenvalue weighted by Crippen LogP contribution is -2.35. The van der Waals surface area contributed by atoms with E-state index in [4.69, 9.17) is 4.42 Å². The van der Waals surface area contributed by atoms with Crippen molar-refractivity contribution in [3.8, 4) is 0 Å². The second-order valence-corrected chi connectivity index (χ2v) is 6.21. The minimum absolute atomic E-state index is 0.0346. The Balaban J connectivity index is 1.66. The molecule has 22 heavy (non-hydrogen) atoms. The third-order valence-electron chi connectivity index (χ3n) is 4.29. The van der Waals surface area contributed by atoms with Gasteiger partial charge in [-0.15, -0.1) is 0 Å². The summed E-state index contributed by atoms with van der Waals surface area (Å²) < 4.78 is 5.64. The molecule has 1 amide bonds. The number of rotatable bonds is 9. The van der Waals surface area contributed by atoms with E-state index < -0.39 is 0 Å². The molecule has 2 rings (SSSR count). The highest BCUT2D eigenvalue weighted by Crippen LogP contribution is 2.18. The number of carbonyl (C=O) groups excluding carboxylic acids is 1. The number of nitrogens with one attached hydrogen (secondary N) is 1. The van der Waals surface area contributed by atoms with Crippen LogP contribution >= 0.6 is 0 Å². The van der Waals surface area contributed by atoms with E-state index in [1.807, 2.05) is 11.0 Å². The third-order valence-corrected chi connectivity index (χ3v) is 4.29. The van der Waals surface area contributed by atoms with Crippen LogP contribution in [-0.2, 0) is 0 Å². The Hall–Kier alpha value is -1.45. The Morgan fingerprint density at radius 1 is 1.09 bits per heavy atom. The molecule has 0 aromatic carbocycles. The number of furan rings is 1. The molecule has 1 aliphatic rings. The van der Waals surface area contributed by atoms with Crippen molar-refractivity contribution < 1.29 is 9.21 Å². The van der Waals surface area contributed by atoms with Gasteiger partial charge in [0.15, 0.2) is 11.6 Å². The molecule has 1 aromatic heterocycles. The fourth-order valence-electron chi connectivity index (χ4n) is 2.92. The highest BCUT2D eigenvalue weighted by atomic mass is 16.4. The monoisotopic (exact) mass is 306 g/mol. The Labute approximate surface area is 134 Å². The first-order valence-electron chi connectivity index (χ1n) is 8.94. The Kier molecular flexibility index (Phi) is 7.34. The molecule has 2 heterocycles. The maximum atomic E-state index is 12.3.